The largest absolute Gasteiger partial charge is 0.350 e. The molecule has 10 nitrogen and oxygen atoms in total. The predicted molar refractivity (Wildman–Crippen MR) is 149 cm³/mol. The average Bonchev–Trinajstić information content (AvgIpc) is 2.77. The molecule has 0 bridgehead atoms. The van der Waals surface area contributed by atoms with Crippen LogP contribution in [-0.4, -0.2) is 54.4 Å². The Labute approximate surface area is 233 Å². The first-order valence-electron chi connectivity index (χ1n) is 11.7. The molecule has 0 aromatic heterocycles. The lowest BCUT2D eigenvalue weighted by Crippen LogP contribution is -2.55. The third kappa shape index (κ3) is 8.31. The summed E-state index contributed by atoms with van der Waals surface area (Å²) < 4.78 is 26.4. The number of benzene rings is 2. The van der Waals surface area contributed by atoms with Crippen molar-refractivity contribution >= 4 is 56.4 Å². The number of halogens is 2. The van der Waals surface area contributed by atoms with E-state index in [-0.39, 0.29) is 29.4 Å². The fraction of sp³-hybridized carbons (Fsp3) is 0.440. The lowest BCUT2D eigenvalue weighted by atomic mass is 10.1. The van der Waals surface area contributed by atoms with Gasteiger partial charge in [0, 0.05) is 34.3 Å². The highest BCUT2D eigenvalue weighted by atomic mass is 35.5. The quantitative estimate of drug-likeness (QED) is 0.317. The molecule has 2 aromatic carbocycles. The molecule has 0 radical (unpaired) electrons. The monoisotopic (exact) mass is 586 g/mol. The van der Waals surface area contributed by atoms with Crippen LogP contribution in [0.3, 0.4) is 0 Å². The van der Waals surface area contributed by atoms with Crippen molar-refractivity contribution in [3.63, 3.8) is 0 Å². The standard InChI is InChI=1S/C25H32Cl2N4O6S/c1-7-21(24(33)28-25(3,4)5)29(14-17-9-10-18(26)12-20(17)27)23(32)15-30(38(6,36)37)22-13-19(31(34)35)11-8-16(22)2/h8-13,21H,7,14-15H2,1-6H3,(H,28,33)/t21-/m0/s1. The number of non-ortho nitro benzene ring substituents is 1. The molecule has 0 spiro atoms. The first kappa shape index (κ1) is 31.3. The van der Waals surface area contributed by atoms with E-state index in [1.807, 2.05) is 0 Å². The van der Waals surface area contributed by atoms with Gasteiger partial charge in [-0.3, -0.25) is 24.0 Å². The Morgan fingerprint density at radius 3 is 2.26 bits per heavy atom. The van der Waals surface area contributed by atoms with E-state index in [4.69, 9.17) is 23.2 Å². The molecule has 2 aromatic rings. The second-order valence-corrected chi connectivity index (χ2v) is 12.7. The number of nitrogens with zero attached hydrogens (tertiary/aromatic N) is 3. The summed E-state index contributed by atoms with van der Waals surface area (Å²) >= 11 is 12.4. The van der Waals surface area contributed by atoms with Crippen LogP contribution >= 0.6 is 23.2 Å². The Kier molecular flexibility index (Phi) is 10.2. The maximum absolute atomic E-state index is 13.8. The summed E-state index contributed by atoms with van der Waals surface area (Å²) in [7, 11) is -4.06. The number of nitrogens with one attached hydrogen (secondary N) is 1. The molecule has 208 valence electrons. The molecule has 38 heavy (non-hydrogen) atoms. The summed E-state index contributed by atoms with van der Waals surface area (Å²) in [4.78, 5) is 39.0. The zero-order chi connectivity index (χ0) is 29.0. The van der Waals surface area contributed by atoms with Crippen LogP contribution in [0.4, 0.5) is 11.4 Å². The van der Waals surface area contributed by atoms with Gasteiger partial charge >= 0.3 is 0 Å². The smallest absolute Gasteiger partial charge is 0.271 e. The highest BCUT2D eigenvalue weighted by molar-refractivity contribution is 7.92. The van der Waals surface area contributed by atoms with Crippen LogP contribution < -0.4 is 9.62 Å². The predicted octanol–water partition coefficient (Wildman–Crippen LogP) is 4.70. The van der Waals surface area contributed by atoms with Crippen molar-refractivity contribution in [2.24, 2.45) is 0 Å². The molecule has 1 N–H and O–H groups in total. The number of nitro benzene ring substituents is 1. The van der Waals surface area contributed by atoms with E-state index in [0.717, 1.165) is 16.6 Å². The SMILES string of the molecule is CC[C@@H](C(=O)NC(C)(C)C)N(Cc1ccc(Cl)cc1Cl)C(=O)CN(c1cc([N+](=O)[O-])ccc1C)S(C)(=O)=O. The second kappa shape index (κ2) is 12.3. The summed E-state index contributed by atoms with van der Waals surface area (Å²) in [6.45, 7) is 7.93. The van der Waals surface area contributed by atoms with E-state index in [2.05, 4.69) is 5.32 Å². The molecule has 2 amide bonds. The number of carbonyl (C=O) groups is 2. The molecule has 0 heterocycles. The number of amides is 2. The van der Waals surface area contributed by atoms with Crippen molar-refractivity contribution in [1.82, 2.24) is 10.2 Å². The van der Waals surface area contributed by atoms with Crippen LogP contribution in [0.2, 0.25) is 10.0 Å². The molecule has 0 aliphatic heterocycles. The molecule has 0 aliphatic carbocycles. The normalized spacial score (nSPS) is 12.5. The van der Waals surface area contributed by atoms with Crippen LogP contribution in [0, 0.1) is 17.0 Å². The van der Waals surface area contributed by atoms with E-state index in [1.165, 1.54) is 23.1 Å². The third-order valence-corrected chi connectivity index (χ3v) is 7.30. The maximum Gasteiger partial charge on any atom is 0.271 e. The van der Waals surface area contributed by atoms with Gasteiger partial charge in [-0.1, -0.05) is 42.3 Å². The summed E-state index contributed by atoms with van der Waals surface area (Å²) in [6.07, 6.45) is 1.14. The molecule has 1 atom stereocenters. The fourth-order valence-corrected chi connectivity index (χ4v) is 5.15. The number of sulfonamides is 1. The van der Waals surface area contributed by atoms with Crippen molar-refractivity contribution in [2.75, 3.05) is 17.1 Å². The van der Waals surface area contributed by atoms with Crippen LogP contribution in [0.5, 0.6) is 0 Å². The third-order valence-electron chi connectivity index (χ3n) is 5.59. The van der Waals surface area contributed by atoms with Crippen LogP contribution in [0.25, 0.3) is 0 Å². The van der Waals surface area contributed by atoms with Gasteiger partial charge < -0.3 is 10.2 Å². The van der Waals surface area contributed by atoms with Gasteiger partial charge in [0.1, 0.15) is 12.6 Å². The second-order valence-electron chi connectivity index (χ2n) is 9.92. The Bertz CT molecular complexity index is 1330. The van der Waals surface area contributed by atoms with Gasteiger partial charge in [-0.2, -0.15) is 0 Å². The van der Waals surface area contributed by atoms with Gasteiger partial charge in [0.05, 0.1) is 16.9 Å². The Hall–Kier alpha value is -2.89. The molecule has 0 unspecified atom stereocenters. The van der Waals surface area contributed by atoms with Gasteiger partial charge in [-0.15, -0.1) is 0 Å². The number of hydrogen-bond acceptors (Lipinski definition) is 6. The molecular weight excluding hydrogens is 555 g/mol. The van der Waals surface area contributed by atoms with Crippen molar-refractivity contribution in [3.8, 4) is 0 Å². The van der Waals surface area contributed by atoms with Crippen molar-refractivity contribution in [3.05, 3.63) is 67.7 Å². The van der Waals surface area contributed by atoms with Crippen molar-refractivity contribution in [2.45, 2.75) is 59.2 Å². The van der Waals surface area contributed by atoms with E-state index in [9.17, 15) is 28.1 Å². The first-order valence-corrected chi connectivity index (χ1v) is 14.3. The first-order chi connectivity index (χ1) is 17.4. The Balaban J connectivity index is 2.58. The number of hydrogen-bond donors (Lipinski definition) is 1. The molecule has 0 saturated carbocycles. The minimum Gasteiger partial charge on any atom is -0.350 e. The lowest BCUT2D eigenvalue weighted by Gasteiger charge is -2.34. The number of aryl methyl sites for hydroxylation is 1. The summed E-state index contributed by atoms with van der Waals surface area (Å²) in [6, 6.07) is 7.53. The summed E-state index contributed by atoms with van der Waals surface area (Å²) in [5, 5.41) is 14.9. The molecule has 13 heteroatoms. The molecular formula is C25H32Cl2N4O6S. The Morgan fingerprint density at radius 2 is 1.76 bits per heavy atom. The van der Waals surface area contributed by atoms with Crippen LogP contribution in [0.15, 0.2) is 36.4 Å². The topological polar surface area (TPSA) is 130 Å². The van der Waals surface area contributed by atoms with E-state index < -0.39 is 44.9 Å². The molecule has 0 aliphatic rings. The van der Waals surface area contributed by atoms with E-state index >= 15 is 0 Å². The number of nitro groups is 1. The molecule has 2 rings (SSSR count). The van der Waals surface area contributed by atoms with Crippen molar-refractivity contribution in [1.29, 1.82) is 0 Å². The van der Waals surface area contributed by atoms with Crippen LogP contribution in [-0.2, 0) is 26.2 Å². The minimum atomic E-state index is -4.06. The van der Waals surface area contributed by atoms with Gasteiger partial charge in [0.2, 0.25) is 21.8 Å². The highest BCUT2D eigenvalue weighted by Crippen LogP contribution is 2.29. The van der Waals surface area contributed by atoms with Crippen LogP contribution in [0.1, 0.15) is 45.2 Å². The Morgan fingerprint density at radius 1 is 1.13 bits per heavy atom. The number of anilines is 1. The zero-order valence-electron chi connectivity index (χ0n) is 22.1. The van der Waals surface area contributed by atoms with Gasteiger partial charge in [-0.05, 0) is 57.4 Å². The average molecular weight is 588 g/mol. The molecule has 0 saturated heterocycles. The lowest BCUT2D eigenvalue weighted by molar-refractivity contribution is -0.384. The molecule has 0 fully saturated rings. The van der Waals surface area contributed by atoms with E-state index in [0.29, 0.717) is 16.1 Å². The highest BCUT2D eigenvalue weighted by Gasteiger charge is 2.34. The van der Waals surface area contributed by atoms with Crippen molar-refractivity contribution < 1.29 is 22.9 Å². The summed E-state index contributed by atoms with van der Waals surface area (Å²) in [5.74, 6) is -1.11. The fourth-order valence-electron chi connectivity index (χ4n) is 3.78. The van der Waals surface area contributed by atoms with E-state index in [1.54, 1.807) is 46.8 Å². The minimum absolute atomic E-state index is 0.00767. The zero-order valence-corrected chi connectivity index (χ0v) is 24.4. The number of rotatable bonds is 10. The van der Waals surface area contributed by atoms with Gasteiger partial charge in [-0.25, -0.2) is 8.42 Å². The van der Waals surface area contributed by atoms with Gasteiger partial charge in [0.15, 0.2) is 0 Å². The summed E-state index contributed by atoms with van der Waals surface area (Å²) in [5.41, 5.74) is -0.00237. The van der Waals surface area contributed by atoms with Gasteiger partial charge in [0.25, 0.3) is 5.69 Å². The number of carbonyl (C=O) groups excluding carboxylic acids is 2. The maximum atomic E-state index is 13.8.